The van der Waals surface area contributed by atoms with Crippen LogP contribution < -0.4 is 0 Å². The number of fused-ring (bicyclic) bond motifs is 4. The molecule has 0 radical (unpaired) electrons. The van der Waals surface area contributed by atoms with E-state index in [4.69, 9.17) is 24.9 Å². The van der Waals surface area contributed by atoms with Gasteiger partial charge in [0.1, 0.15) is 23.0 Å². The number of allylic oxidation sites excluding steroid dienone is 2. The van der Waals surface area contributed by atoms with E-state index >= 15 is 0 Å². The minimum atomic E-state index is -0.0993. The normalized spacial score (nSPS) is 18.3. The first-order valence-electron chi connectivity index (χ1n) is 20.5. The first kappa shape index (κ1) is 38.4. The van der Waals surface area contributed by atoms with Crippen LogP contribution in [0.25, 0.3) is 22.3 Å². The molecular formula is C46H59N9. The van der Waals surface area contributed by atoms with Gasteiger partial charge in [0.2, 0.25) is 0 Å². The minimum Gasteiger partial charge on any atom is -0.310 e. The fraction of sp³-hybridized carbons (Fsp3) is 0.478. The van der Waals surface area contributed by atoms with Gasteiger partial charge in [0.15, 0.2) is 5.65 Å². The number of nitrogens with zero attached hydrogens (tertiary/aromatic N) is 9. The van der Waals surface area contributed by atoms with Crippen LogP contribution in [0.2, 0.25) is 0 Å². The summed E-state index contributed by atoms with van der Waals surface area (Å²) in [7, 11) is 0. The number of pyridine rings is 2. The Bertz CT molecular complexity index is 2340. The van der Waals surface area contributed by atoms with E-state index in [0.717, 1.165) is 104 Å². The van der Waals surface area contributed by atoms with Crippen molar-refractivity contribution < 1.29 is 1.43 Å². The number of imidazole rings is 1. The van der Waals surface area contributed by atoms with E-state index in [1.165, 1.54) is 24.8 Å². The van der Waals surface area contributed by atoms with E-state index in [-0.39, 0.29) is 6.84 Å². The van der Waals surface area contributed by atoms with E-state index < -0.39 is 0 Å². The molecule has 9 heteroatoms. The van der Waals surface area contributed by atoms with Crippen LogP contribution in [0.4, 0.5) is 5.69 Å². The Morgan fingerprint density at radius 2 is 1.42 bits per heavy atom. The molecule has 1 aliphatic heterocycles. The molecule has 6 heterocycles. The molecule has 1 atom stereocenters. The van der Waals surface area contributed by atoms with E-state index in [0.29, 0.717) is 23.8 Å². The molecule has 0 saturated heterocycles. The molecule has 288 valence electrons. The van der Waals surface area contributed by atoms with Crippen molar-refractivity contribution in [1.29, 1.82) is 0 Å². The van der Waals surface area contributed by atoms with Crippen molar-refractivity contribution in [2.24, 2.45) is 16.8 Å². The SMILES string of the molecule is CC.CC1=Nc2ccc(C3=CCc4nc(C5CCC5)ncc43)nc2C1(C)C(C)C.Cc1nc2ccc(C3=CCc4nc(CC(C)C)ncc43)nc2n1C(C)C.[HH]. The van der Waals surface area contributed by atoms with Crippen LogP contribution in [0.1, 0.15) is 159 Å². The summed E-state index contributed by atoms with van der Waals surface area (Å²) in [5.41, 5.74) is 13.9. The average Bonchev–Trinajstić information content (AvgIpc) is 3.90. The van der Waals surface area contributed by atoms with Crippen molar-refractivity contribution >= 4 is 33.7 Å². The molecule has 55 heavy (non-hydrogen) atoms. The second-order valence-electron chi connectivity index (χ2n) is 16.4. The monoisotopic (exact) mass is 737 g/mol. The van der Waals surface area contributed by atoms with Gasteiger partial charge < -0.3 is 4.57 Å². The number of aromatic nitrogens is 8. The molecule has 0 spiro atoms. The molecular weight excluding hydrogens is 679 g/mol. The van der Waals surface area contributed by atoms with Crippen molar-refractivity contribution in [3.05, 3.63) is 106 Å². The van der Waals surface area contributed by atoms with Crippen LogP contribution in [0.3, 0.4) is 0 Å². The van der Waals surface area contributed by atoms with E-state index in [1.54, 1.807) is 0 Å². The molecule has 9 nitrogen and oxygen atoms in total. The topological polar surface area (TPSA) is 108 Å². The van der Waals surface area contributed by atoms with Crippen LogP contribution in [0.5, 0.6) is 0 Å². The molecule has 5 aromatic rings. The summed E-state index contributed by atoms with van der Waals surface area (Å²) >= 11 is 0. The summed E-state index contributed by atoms with van der Waals surface area (Å²) in [5, 5.41) is 0. The zero-order valence-corrected chi connectivity index (χ0v) is 34.7. The first-order chi connectivity index (χ1) is 26.4. The molecule has 5 aromatic heterocycles. The highest BCUT2D eigenvalue weighted by Gasteiger charge is 2.41. The predicted molar refractivity (Wildman–Crippen MR) is 226 cm³/mol. The van der Waals surface area contributed by atoms with Crippen molar-refractivity contribution in [3.63, 3.8) is 0 Å². The van der Waals surface area contributed by atoms with Crippen LogP contribution in [-0.2, 0) is 24.7 Å². The number of aliphatic imine (C=N–C) groups is 1. The second-order valence-corrected chi connectivity index (χ2v) is 16.4. The molecule has 0 N–H and O–H groups in total. The molecule has 1 fully saturated rings. The molecule has 3 aliphatic carbocycles. The minimum absolute atomic E-state index is 0. The smallest absolute Gasteiger partial charge is 0.160 e. The van der Waals surface area contributed by atoms with Crippen LogP contribution in [0, 0.1) is 18.8 Å². The molecule has 4 aliphatic rings. The molecule has 1 saturated carbocycles. The highest BCUT2D eigenvalue weighted by atomic mass is 15.1. The third-order valence-electron chi connectivity index (χ3n) is 11.8. The van der Waals surface area contributed by atoms with Gasteiger partial charge >= 0.3 is 0 Å². The highest BCUT2D eigenvalue weighted by Crippen LogP contribution is 2.45. The maximum Gasteiger partial charge on any atom is 0.160 e. The van der Waals surface area contributed by atoms with E-state index in [1.807, 2.05) is 33.2 Å². The van der Waals surface area contributed by atoms with Crippen molar-refractivity contribution in [2.75, 3.05) is 0 Å². The lowest BCUT2D eigenvalue weighted by atomic mass is 9.73. The summed E-state index contributed by atoms with van der Waals surface area (Å²) < 4.78 is 2.19. The number of aryl methyl sites for hydroxylation is 1. The lowest BCUT2D eigenvalue weighted by Crippen LogP contribution is -2.34. The third kappa shape index (κ3) is 6.95. The number of hydrogen-bond donors (Lipinski definition) is 0. The van der Waals surface area contributed by atoms with Crippen molar-refractivity contribution in [3.8, 4) is 0 Å². The lowest BCUT2D eigenvalue weighted by molar-refractivity contribution is 0.400. The second kappa shape index (κ2) is 15.3. The zero-order chi connectivity index (χ0) is 39.2. The summed E-state index contributed by atoms with van der Waals surface area (Å²) in [6.07, 6.45) is 14.9. The average molecular weight is 738 g/mol. The fourth-order valence-electron chi connectivity index (χ4n) is 8.17. The van der Waals surface area contributed by atoms with E-state index in [2.05, 4.69) is 111 Å². The van der Waals surface area contributed by atoms with Gasteiger partial charge in [-0.05, 0) is 83.6 Å². The maximum absolute atomic E-state index is 5.11. The Hall–Kier alpha value is -4.92. The van der Waals surface area contributed by atoms with Gasteiger partial charge in [0, 0.05) is 73.0 Å². The van der Waals surface area contributed by atoms with Gasteiger partial charge in [-0.15, -0.1) is 0 Å². The number of rotatable bonds is 7. The van der Waals surface area contributed by atoms with Gasteiger partial charge in [-0.25, -0.2) is 34.9 Å². The van der Waals surface area contributed by atoms with Crippen LogP contribution >= 0.6 is 0 Å². The molecule has 1 unspecified atom stereocenters. The molecule has 0 amide bonds. The Kier molecular flexibility index (Phi) is 10.7. The van der Waals surface area contributed by atoms with Gasteiger partial charge in [-0.3, -0.25) is 4.99 Å². The van der Waals surface area contributed by atoms with Crippen molar-refractivity contribution in [1.82, 2.24) is 39.5 Å². The number of hydrogen-bond acceptors (Lipinski definition) is 8. The standard InChI is InChI=1S/C23H26N4.C21H25N5.C2H6.H2/c1-13(2)23(4)14(3)25-20-11-10-18(26-21(20)23)16-8-9-19-17(16)12-24-22(27-19)15-6-5-7-15;1-12(2)10-20-22-11-16-15(6-7-18(16)24-20)17-8-9-19-21(25-17)26(13(3)4)14(5)23-19;1-2;/h8,10-13,15H,5-7,9H2,1-4H3;6,8-9,11-13H,7,10H2,1-5H3;1-2H3;1H. The van der Waals surface area contributed by atoms with E-state index in [9.17, 15) is 0 Å². The van der Waals surface area contributed by atoms with Gasteiger partial charge in [0.25, 0.3) is 0 Å². The Balaban J connectivity index is 0.000000179. The van der Waals surface area contributed by atoms with Gasteiger partial charge in [-0.2, -0.15) is 0 Å². The lowest BCUT2D eigenvalue weighted by Gasteiger charge is -2.29. The summed E-state index contributed by atoms with van der Waals surface area (Å²) in [5.74, 6) is 4.55. The Morgan fingerprint density at radius 1 is 0.782 bits per heavy atom. The Labute approximate surface area is 328 Å². The van der Waals surface area contributed by atoms with Crippen molar-refractivity contribution in [2.45, 2.75) is 132 Å². The Morgan fingerprint density at radius 3 is 2.04 bits per heavy atom. The summed E-state index contributed by atoms with van der Waals surface area (Å²) in [6, 6.07) is 8.67. The predicted octanol–water partition coefficient (Wildman–Crippen LogP) is 10.7. The van der Waals surface area contributed by atoms with Crippen LogP contribution in [-0.4, -0.2) is 45.2 Å². The zero-order valence-electron chi connectivity index (χ0n) is 34.7. The van der Waals surface area contributed by atoms with Crippen LogP contribution in [0.15, 0.2) is 53.8 Å². The fourth-order valence-corrected chi connectivity index (χ4v) is 8.17. The van der Waals surface area contributed by atoms with Gasteiger partial charge in [-0.1, -0.05) is 60.1 Å². The summed E-state index contributed by atoms with van der Waals surface area (Å²) in [4.78, 5) is 38.4. The maximum atomic E-state index is 5.11. The molecule has 9 rings (SSSR count). The largest absolute Gasteiger partial charge is 0.310 e. The molecule has 0 bridgehead atoms. The molecule has 0 aromatic carbocycles. The highest BCUT2D eigenvalue weighted by molar-refractivity contribution is 5.99. The third-order valence-corrected chi connectivity index (χ3v) is 11.8. The summed E-state index contributed by atoms with van der Waals surface area (Å²) in [6.45, 7) is 23.7. The quantitative estimate of drug-likeness (QED) is 0.164. The first-order valence-corrected chi connectivity index (χ1v) is 20.5. The van der Waals surface area contributed by atoms with Gasteiger partial charge in [0.05, 0.1) is 39.6 Å².